The number of ether oxygens (including phenoxy) is 1. The summed E-state index contributed by atoms with van der Waals surface area (Å²) in [7, 11) is 2.15. The number of nitrogens with zero attached hydrogens (tertiary/aromatic N) is 2. The van der Waals surface area contributed by atoms with Crippen LogP contribution in [0.2, 0.25) is 0 Å². The Labute approximate surface area is 145 Å². The molecule has 0 bridgehead atoms. The predicted octanol–water partition coefficient (Wildman–Crippen LogP) is 1.14. The van der Waals surface area contributed by atoms with Gasteiger partial charge in [-0.15, -0.1) is 0 Å². The Morgan fingerprint density at radius 3 is 2.71 bits per heavy atom. The topological polar surface area (TPSA) is 44.8 Å². The summed E-state index contributed by atoms with van der Waals surface area (Å²) in [4.78, 5) is 17.5. The van der Waals surface area contributed by atoms with E-state index in [9.17, 15) is 4.79 Å². The molecule has 0 unspecified atom stereocenters. The number of likely N-dealkylation sites (tertiary alicyclic amines) is 1. The van der Waals surface area contributed by atoms with Crippen LogP contribution in [0.15, 0.2) is 30.3 Å². The van der Waals surface area contributed by atoms with Gasteiger partial charge in [-0.3, -0.25) is 4.79 Å². The van der Waals surface area contributed by atoms with Gasteiger partial charge in [0.2, 0.25) is 0 Å². The minimum absolute atomic E-state index is 0.160. The summed E-state index contributed by atoms with van der Waals surface area (Å²) in [5, 5.41) is 3.27. The van der Waals surface area contributed by atoms with Gasteiger partial charge in [0.1, 0.15) is 6.10 Å². The Balaban J connectivity index is 1.66. The third kappa shape index (κ3) is 4.56. The maximum Gasteiger partial charge on any atom is 0.253 e. The van der Waals surface area contributed by atoms with Gasteiger partial charge >= 0.3 is 0 Å². The summed E-state index contributed by atoms with van der Waals surface area (Å²) in [6.45, 7) is 4.98. The molecule has 5 heteroatoms. The normalized spacial score (nSPS) is 23.1. The minimum atomic E-state index is -0.325. The first-order valence-electron chi connectivity index (χ1n) is 9.09. The molecular weight excluding hydrogens is 302 g/mol. The van der Waals surface area contributed by atoms with Gasteiger partial charge < -0.3 is 19.9 Å². The van der Waals surface area contributed by atoms with Crippen LogP contribution in [0.5, 0.6) is 0 Å². The van der Waals surface area contributed by atoms with E-state index in [-0.39, 0.29) is 12.0 Å². The van der Waals surface area contributed by atoms with Crippen molar-refractivity contribution in [2.75, 3.05) is 46.4 Å². The van der Waals surface area contributed by atoms with E-state index < -0.39 is 0 Å². The molecular formula is C19H29N3O2. The highest BCUT2D eigenvalue weighted by Gasteiger charge is 2.32. The van der Waals surface area contributed by atoms with Crippen molar-refractivity contribution in [3.63, 3.8) is 0 Å². The molecule has 2 saturated heterocycles. The van der Waals surface area contributed by atoms with Crippen molar-refractivity contribution in [2.45, 2.75) is 31.4 Å². The zero-order valence-electron chi connectivity index (χ0n) is 14.6. The Kier molecular flexibility index (Phi) is 6.24. The fraction of sp³-hybridized carbons (Fsp3) is 0.632. The van der Waals surface area contributed by atoms with Crippen molar-refractivity contribution >= 4 is 5.91 Å². The Hall–Kier alpha value is -1.43. The number of carbonyl (C=O) groups is 1. The van der Waals surface area contributed by atoms with Gasteiger partial charge in [-0.05, 0) is 45.0 Å². The van der Waals surface area contributed by atoms with Crippen molar-refractivity contribution in [3.05, 3.63) is 35.9 Å². The highest BCUT2D eigenvalue weighted by molar-refractivity contribution is 5.81. The van der Waals surface area contributed by atoms with Gasteiger partial charge in [0, 0.05) is 25.7 Å². The highest BCUT2D eigenvalue weighted by Crippen LogP contribution is 2.18. The summed E-state index contributed by atoms with van der Waals surface area (Å²) in [6.07, 6.45) is 2.68. The van der Waals surface area contributed by atoms with E-state index in [4.69, 9.17) is 4.74 Å². The molecule has 1 amide bonds. The average molecular weight is 331 g/mol. The Morgan fingerprint density at radius 1 is 1.29 bits per heavy atom. The molecule has 3 rings (SSSR count). The summed E-state index contributed by atoms with van der Waals surface area (Å²) < 4.78 is 5.72. The molecule has 0 aliphatic carbocycles. The predicted molar refractivity (Wildman–Crippen MR) is 95.0 cm³/mol. The SMILES string of the molecule is CN1CCC(N(CCc2ccccc2)C(=O)[C@@H]2CNCCO2)CC1. The van der Waals surface area contributed by atoms with Gasteiger partial charge in [-0.2, -0.15) is 0 Å². The van der Waals surface area contributed by atoms with Crippen molar-refractivity contribution in [2.24, 2.45) is 0 Å². The lowest BCUT2D eigenvalue weighted by Crippen LogP contribution is -2.54. The van der Waals surface area contributed by atoms with E-state index in [0.29, 0.717) is 19.2 Å². The van der Waals surface area contributed by atoms with Gasteiger partial charge in [-0.25, -0.2) is 0 Å². The van der Waals surface area contributed by atoms with Crippen LogP contribution < -0.4 is 5.32 Å². The summed E-state index contributed by atoms with van der Waals surface area (Å²) in [6, 6.07) is 10.8. The van der Waals surface area contributed by atoms with Crippen molar-refractivity contribution in [1.29, 1.82) is 0 Å². The van der Waals surface area contributed by atoms with E-state index in [1.54, 1.807) is 0 Å². The second-order valence-corrected chi connectivity index (χ2v) is 6.87. The van der Waals surface area contributed by atoms with E-state index in [1.165, 1.54) is 5.56 Å². The molecule has 2 aliphatic rings. The van der Waals surface area contributed by atoms with Crippen LogP contribution in [0.1, 0.15) is 18.4 Å². The van der Waals surface area contributed by atoms with Gasteiger partial charge in [0.15, 0.2) is 0 Å². The molecule has 2 fully saturated rings. The number of nitrogens with one attached hydrogen (secondary N) is 1. The highest BCUT2D eigenvalue weighted by atomic mass is 16.5. The lowest BCUT2D eigenvalue weighted by atomic mass is 10.0. The third-order valence-corrected chi connectivity index (χ3v) is 5.10. The summed E-state index contributed by atoms with van der Waals surface area (Å²) in [5.74, 6) is 0.160. The van der Waals surface area contributed by atoms with Crippen LogP contribution in [0.3, 0.4) is 0 Å². The van der Waals surface area contributed by atoms with Crippen LogP contribution in [0.4, 0.5) is 0 Å². The molecule has 0 spiro atoms. The molecule has 5 nitrogen and oxygen atoms in total. The maximum absolute atomic E-state index is 13.0. The van der Waals surface area contributed by atoms with Crippen LogP contribution >= 0.6 is 0 Å². The number of morpholine rings is 1. The molecule has 132 valence electrons. The second-order valence-electron chi connectivity index (χ2n) is 6.87. The fourth-order valence-corrected chi connectivity index (χ4v) is 3.58. The largest absolute Gasteiger partial charge is 0.366 e. The first kappa shape index (κ1) is 17.4. The monoisotopic (exact) mass is 331 g/mol. The molecule has 1 aromatic carbocycles. The Morgan fingerprint density at radius 2 is 2.04 bits per heavy atom. The standard InChI is InChI=1S/C19H29N3O2/c1-21-11-8-17(9-12-21)22(13-7-16-5-3-2-4-6-16)19(23)18-15-20-10-14-24-18/h2-6,17-18,20H,7-15H2,1H3/t18-/m0/s1. The van der Waals surface area contributed by atoms with E-state index in [0.717, 1.165) is 45.4 Å². The number of piperidine rings is 1. The Bertz CT molecular complexity index is 509. The van der Waals surface area contributed by atoms with E-state index >= 15 is 0 Å². The second kappa shape index (κ2) is 8.60. The molecule has 1 atom stereocenters. The molecule has 1 N–H and O–H groups in total. The number of carbonyl (C=O) groups excluding carboxylic acids is 1. The number of hydrogen-bond donors (Lipinski definition) is 1. The number of rotatable bonds is 5. The lowest BCUT2D eigenvalue weighted by molar-refractivity contribution is -0.148. The smallest absolute Gasteiger partial charge is 0.253 e. The van der Waals surface area contributed by atoms with Crippen molar-refractivity contribution in [1.82, 2.24) is 15.1 Å². The molecule has 2 heterocycles. The number of hydrogen-bond acceptors (Lipinski definition) is 4. The molecule has 0 aromatic heterocycles. The van der Waals surface area contributed by atoms with Gasteiger partial charge in [-0.1, -0.05) is 30.3 Å². The molecule has 24 heavy (non-hydrogen) atoms. The minimum Gasteiger partial charge on any atom is -0.366 e. The maximum atomic E-state index is 13.0. The van der Waals surface area contributed by atoms with Gasteiger partial charge in [0.25, 0.3) is 5.91 Å². The van der Waals surface area contributed by atoms with Gasteiger partial charge in [0.05, 0.1) is 6.61 Å². The van der Waals surface area contributed by atoms with E-state index in [1.807, 2.05) is 6.07 Å². The molecule has 0 saturated carbocycles. The van der Waals surface area contributed by atoms with Crippen LogP contribution in [0.25, 0.3) is 0 Å². The zero-order valence-corrected chi connectivity index (χ0v) is 14.6. The zero-order chi connectivity index (χ0) is 16.8. The number of benzene rings is 1. The van der Waals surface area contributed by atoms with E-state index in [2.05, 4.69) is 46.4 Å². The van der Waals surface area contributed by atoms with Crippen LogP contribution in [-0.4, -0.2) is 74.2 Å². The van der Waals surface area contributed by atoms with Crippen LogP contribution in [-0.2, 0) is 16.0 Å². The molecule has 1 aromatic rings. The first-order chi connectivity index (χ1) is 11.7. The summed E-state index contributed by atoms with van der Waals surface area (Å²) in [5.41, 5.74) is 1.28. The third-order valence-electron chi connectivity index (χ3n) is 5.10. The summed E-state index contributed by atoms with van der Waals surface area (Å²) >= 11 is 0. The van der Waals surface area contributed by atoms with Crippen LogP contribution in [0, 0.1) is 0 Å². The van der Waals surface area contributed by atoms with Crippen molar-refractivity contribution in [3.8, 4) is 0 Å². The molecule has 0 radical (unpaired) electrons. The fourth-order valence-electron chi connectivity index (χ4n) is 3.58. The quantitative estimate of drug-likeness (QED) is 0.879. The molecule has 2 aliphatic heterocycles. The van der Waals surface area contributed by atoms with Crippen molar-refractivity contribution < 1.29 is 9.53 Å². The first-order valence-corrected chi connectivity index (χ1v) is 9.09. The lowest BCUT2D eigenvalue weighted by Gasteiger charge is -2.39. The average Bonchev–Trinajstić information content (AvgIpc) is 2.65. The number of amides is 1.